The lowest BCUT2D eigenvalue weighted by Crippen LogP contribution is -2.33. The lowest BCUT2D eigenvalue weighted by Gasteiger charge is -2.15. The highest BCUT2D eigenvalue weighted by atomic mass is 79.9. The molecule has 92 valence electrons. The smallest absolute Gasteiger partial charge is 0.277 e. The van der Waals surface area contributed by atoms with Crippen LogP contribution in [0.2, 0.25) is 0 Å². The van der Waals surface area contributed by atoms with Crippen molar-refractivity contribution in [2.75, 3.05) is 6.54 Å². The highest BCUT2D eigenvalue weighted by molar-refractivity contribution is 9.10. The van der Waals surface area contributed by atoms with Crippen molar-refractivity contribution in [3.05, 3.63) is 22.4 Å². The molecule has 1 aromatic rings. The fraction of sp³-hybridized carbons (Fsp3) is 0.500. The van der Waals surface area contributed by atoms with Gasteiger partial charge in [-0.3, -0.25) is 14.5 Å². The third-order valence-corrected chi connectivity index (χ3v) is 3.30. The quantitative estimate of drug-likeness (QED) is 0.804. The van der Waals surface area contributed by atoms with Crippen LogP contribution >= 0.6 is 15.9 Å². The molecule has 1 fully saturated rings. The molecule has 1 aliphatic heterocycles. The Morgan fingerprint density at radius 3 is 2.88 bits per heavy atom. The van der Waals surface area contributed by atoms with E-state index in [2.05, 4.69) is 22.9 Å². The highest BCUT2D eigenvalue weighted by Gasteiger charge is 2.29. The summed E-state index contributed by atoms with van der Waals surface area (Å²) in [6.07, 6.45) is 4.11. The van der Waals surface area contributed by atoms with E-state index in [1.165, 1.54) is 4.90 Å². The Balaban J connectivity index is 2.26. The van der Waals surface area contributed by atoms with Gasteiger partial charge in [0, 0.05) is 30.2 Å². The number of likely N-dealkylation sites (tertiary alicyclic amines) is 1. The Labute approximate surface area is 109 Å². The second kappa shape index (κ2) is 5.04. The number of aromatic nitrogens is 1. The summed E-state index contributed by atoms with van der Waals surface area (Å²) in [4.78, 5) is 25.1. The van der Waals surface area contributed by atoms with Gasteiger partial charge in [0.05, 0.1) is 0 Å². The molecule has 2 heterocycles. The fourth-order valence-electron chi connectivity index (χ4n) is 2.08. The van der Waals surface area contributed by atoms with E-state index in [-0.39, 0.29) is 11.8 Å². The Morgan fingerprint density at radius 2 is 2.29 bits per heavy atom. The van der Waals surface area contributed by atoms with E-state index in [1.807, 2.05) is 10.8 Å². The zero-order chi connectivity index (χ0) is 12.4. The molecule has 4 nitrogen and oxygen atoms in total. The fourth-order valence-corrected chi connectivity index (χ4v) is 2.54. The minimum atomic E-state index is -0.174. The number of rotatable bonds is 3. The van der Waals surface area contributed by atoms with Crippen molar-refractivity contribution in [3.8, 4) is 0 Å². The molecular formula is C12H15BrN2O2. The van der Waals surface area contributed by atoms with Crippen molar-refractivity contribution in [1.29, 1.82) is 0 Å². The average molecular weight is 299 g/mol. The van der Waals surface area contributed by atoms with E-state index in [0.29, 0.717) is 18.7 Å². The van der Waals surface area contributed by atoms with Crippen LogP contribution < -0.4 is 0 Å². The van der Waals surface area contributed by atoms with Crippen LogP contribution in [0.3, 0.4) is 0 Å². The summed E-state index contributed by atoms with van der Waals surface area (Å²) in [5, 5.41) is 0. The molecule has 0 radical (unpaired) electrons. The van der Waals surface area contributed by atoms with Crippen LogP contribution in [0, 0.1) is 0 Å². The van der Waals surface area contributed by atoms with Crippen LogP contribution in [0.4, 0.5) is 0 Å². The van der Waals surface area contributed by atoms with Gasteiger partial charge in [-0.2, -0.15) is 0 Å². The number of carbonyl (C=O) groups is 2. The van der Waals surface area contributed by atoms with Gasteiger partial charge in [-0.05, 0) is 34.8 Å². The van der Waals surface area contributed by atoms with Crippen LogP contribution in [-0.4, -0.2) is 27.8 Å². The first-order chi connectivity index (χ1) is 8.13. The molecule has 1 aromatic heterocycles. The molecule has 0 atom stereocenters. The van der Waals surface area contributed by atoms with Crippen LogP contribution in [-0.2, 0) is 11.3 Å². The second-order valence-corrected chi connectivity index (χ2v) is 5.11. The van der Waals surface area contributed by atoms with E-state index in [0.717, 1.165) is 23.9 Å². The predicted octanol–water partition coefficient (Wildman–Crippen LogP) is 2.42. The maximum atomic E-state index is 12.2. The largest absolute Gasteiger partial charge is 0.342 e. The topological polar surface area (TPSA) is 42.3 Å². The van der Waals surface area contributed by atoms with Crippen molar-refractivity contribution in [1.82, 2.24) is 9.47 Å². The molecule has 0 N–H and O–H groups in total. The number of amides is 2. The first-order valence-electron chi connectivity index (χ1n) is 5.84. The summed E-state index contributed by atoms with van der Waals surface area (Å²) < 4.78 is 2.78. The van der Waals surface area contributed by atoms with Gasteiger partial charge in [0.25, 0.3) is 5.91 Å². The van der Waals surface area contributed by atoms with E-state index in [1.54, 1.807) is 6.07 Å². The minimum absolute atomic E-state index is 0.0598. The molecular weight excluding hydrogens is 284 g/mol. The molecule has 0 aliphatic carbocycles. The third-order valence-electron chi connectivity index (χ3n) is 2.87. The van der Waals surface area contributed by atoms with Crippen molar-refractivity contribution >= 4 is 27.7 Å². The molecule has 0 saturated carbocycles. The van der Waals surface area contributed by atoms with Crippen LogP contribution in [0.5, 0.6) is 0 Å². The minimum Gasteiger partial charge on any atom is -0.342 e. The molecule has 1 saturated heterocycles. The molecule has 17 heavy (non-hydrogen) atoms. The van der Waals surface area contributed by atoms with Gasteiger partial charge in [0.15, 0.2) is 0 Å². The second-order valence-electron chi connectivity index (χ2n) is 4.19. The van der Waals surface area contributed by atoms with Crippen molar-refractivity contribution in [3.63, 3.8) is 0 Å². The Hall–Kier alpha value is -1.10. The van der Waals surface area contributed by atoms with Gasteiger partial charge < -0.3 is 4.57 Å². The summed E-state index contributed by atoms with van der Waals surface area (Å²) in [7, 11) is 0. The van der Waals surface area contributed by atoms with Crippen molar-refractivity contribution in [2.24, 2.45) is 0 Å². The van der Waals surface area contributed by atoms with Crippen LogP contribution in [0.25, 0.3) is 0 Å². The van der Waals surface area contributed by atoms with Gasteiger partial charge in [-0.15, -0.1) is 0 Å². The Bertz CT molecular complexity index is 453. The molecule has 5 heteroatoms. The molecule has 0 bridgehead atoms. The SMILES string of the molecule is CCCn1cc(Br)cc1C(=O)N1CCCC1=O. The number of hydrogen-bond acceptors (Lipinski definition) is 2. The number of carbonyl (C=O) groups excluding carboxylic acids is 2. The summed E-state index contributed by atoms with van der Waals surface area (Å²) in [6.45, 7) is 3.39. The van der Waals surface area contributed by atoms with E-state index in [9.17, 15) is 9.59 Å². The monoisotopic (exact) mass is 298 g/mol. The summed E-state index contributed by atoms with van der Waals surface area (Å²) in [6, 6.07) is 1.78. The standard InChI is InChI=1S/C12H15BrN2O2/c1-2-5-14-8-9(13)7-10(14)12(17)15-6-3-4-11(15)16/h7-8H,2-6H2,1H3. The van der Waals surface area contributed by atoms with Gasteiger partial charge in [-0.1, -0.05) is 6.92 Å². The molecule has 1 aliphatic rings. The van der Waals surface area contributed by atoms with Gasteiger partial charge in [-0.25, -0.2) is 0 Å². The Kier molecular flexibility index (Phi) is 3.66. The number of imide groups is 1. The average Bonchev–Trinajstić information content (AvgIpc) is 2.85. The van der Waals surface area contributed by atoms with Crippen molar-refractivity contribution < 1.29 is 9.59 Å². The van der Waals surface area contributed by atoms with E-state index < -0.39 is 0 Å². The number of hydrogen-bond donors (Lipinski definition) is 0. The van der Waals surface area contributed by atoms with Gasteiger partial charge in [0.1, 0.15) is 5.69 Å². The van der Waals surface area contributed by atoms with Crippen LogP contribution in [0.15, 0.2) is 16.7 Å². The first kappa shape index (κ1) is 12.4. The number of nitrogens with zero attached hydrogens (tertiary/aromatic N) is 2. The zero-order valence-electron chi connectivity index (χ0n) is 9.78. The lowest BCUT2D eigenvalue weighted by atomic mass is 10.3. The summed E-state index contributed by atoms with van der Waals surface area (Å²) in [5.41, 5.74) is 0.592. The number of aryl methyl sites for hydroxylation is 1. The molecule has 0 unspecified atom stereocenters. The lowest BCUT2D eigenvalue weighted by molar-refractivity contribution is -0.125. The molecule has 2 rings (SSSR count). The maximum Gasteiger partial charge on any atom is 0.277 e. The maximum absolute atomic E-state index is 12.2. The van der Waals surface area contributed by atoms with Gasteiger partial charge >= 0.3 is 0 Å². The van der Waals surface area contributed by atoms with Crippen molar-refractivity contribution in [2.45, 2.75) is 32.7 Å². The summed E-state index contributed by atoms with van der Waals surface area (Å²) in [5.74, 6) is -0.234. The Morgan fingerprint density at radius 1 is 1.53 bits per heavy atom. The normalized spacial score (nSPS) is 15.6. The van der Waals surface area contributed by atoms with Crippen LogP contribution in [0.1, 0.15) is 36.7 Å². The molecule has 0 spiro atoms. The van der Waals surface area contributed by atoms with E-state index in [4.69, 9.17) is 0 Å². The highest BCUT2D eigenvalue weighted by Crippen LogP contribution is 2.20. The van der Waals surface area contributed by atoms with E-state index >= 15 is 0 Å². The number of halogens is 1. The zero-order valence-corrected chi connectivity index (χ0v) is 11.4. The predicted molar refractivity (Wildman–Crippen MR) is 67.7 cm³/mol. The van der Waals surface area contributed by atoms with Gasteiger partial charge in [0.2, 0.25) is 5.91 Å². The third kappa shape index (κ3) is 2.44. The molecule has 0 aromatic carbocycles. The summed E-state index contributed by atoms with van der Waals surface area (Å²) >= 11 is 3.37. The molecule has 2 amide bonds. The first-order valence-corrected chi connectivity index (χ1v) is 6.63.